The van der Waals surface area contributed by atoms with Gasteiger partial charge in [0, 0.05) is 6.07 Å². The van der Waals surface area contributed by atoms with Crippen LogP contribution >= 0.6 is 11.3 Å². The lowest BCUT2D eigenvalue weighted by Crippen LogP contribution is -2.10. The summed E-state index contributed by atoms with van der Waals surface area (Å²) < 4.78 is 1.38. The molecule has 0 amide bonds. The van der Waals surface area contributed by atoms with Crippen LogP contribution in [0.3, 0.4) is 0 Å². The summed E-state index contributed by atoms with van der Waals surface area (Å²) in [7, 11) is 0. The standard InChI is InChI=1S/C6H4N2OS/c9-5-2-1-3-6-8(5)7-4-10-6/h1-4H. The minimum absolute atomic E-state index is 0.0706. The zero-order chi connectivity index (χ0) is 6.97. The number of rotatable bonds is 0. The van der Waals surface area contributed by atoms with E-state index in [1.165, 1.54) is 21.9 Å². The lowest BCUT2D eigenvalue weighted by molar-refractivity contribution is 0.920. The number of pyridine rings is 1. The third-order valence-electron chi connectivity index (χ3n) is 1.23. The van der Waals surface area contributed by atoms with Gasteiger partial charge in [0.25, 0.3) is 5.56 Å². The van der Waals surface area contributed by atoms with E-state index in [1.807, 2.05) is 6.07 Å². The molecule has 0 saturated carbocycles. The van der Waals surface area contributed by atoms with Crippen molar-refractivity contribution in [3.8, 4) is 0 Å². The Kier molecular flexibility index (Phi) is 1.07. The van der Waals surface area contributed by atoms with Crippen molar-refractivity contribution in [3.63, 3.8) is 0 Å². The first-order valence-electron chi connectivity index (χ1n) is 2.79. The van der Waals surface area contributed by atoms with Crippen LogP contribution in [-0.4, -0.2) is 9.61 Å². The van der Waals surface area contributed by atoms with E-state index in [0.717, 1.165) is 4.83 Å². The van der Waals surface area contributed by atoms with Crippen LogP contribution in [0.4, 0.5) is 0 Å². The van der Waals surface area contributed by atoms with E-state index in [0.29, 0.717) is 0 Å². The second-order valence-corrected chi connectivity index (χ2v) is 2.72. The van der Waals surface area contributed by atoms with Crippen molar-refractivity contribution < 1.29 is 0 Å². The number of nitrogens with zero attached hydrogens (tertiary/aromatic N) is 2. The van der Waals surface area contributed by atoms with Crippen LogP contribution in [0.1, 0.15) is 0 Å². The smallest absolute Gasteiger partial charge is 0.267 e. The molecular weight excluding hydrogens is 148 g/mol. The van der Waals surface area contributed by atoms with Crippen molar-refractivity contribution in [2.45, 2.75) is 0 Å². The van der Waals surface area contributed by atoms with Crippen molar-refractivity contribution in [3.05, 3.63) is 34.1 Å². The first-order valence-corrected chi connectivity index (χ1v) is 3.67. The number of fused-ring (bicyclic) bond motifs is 1. The lowest BCUT2D eigenvalue weighted by atomic mass is 10.5. The summed E-state index contributed by atoms with van der Waals surface area (Å²) in [6.07, 6.45) is 0. The molecule has 0 radical (unpaired) electrons. The van der Waals surface area contributed by atoms with Gasteiger partial charge in [-0.15, -0.1) is 11.3 Å². The zero-order valence-corrected chi connectivity index (χ0v) is 5.84. The Labute approximate surface area is 60.6 Å². The maximum Gasteiger partial charge on any atom is 0.272 e. The minimum Gasteiger partial charge on any atom is -0.267 e. The predicted octanol–water partition coefficient (Wildman–Crippen LogP) is 0.756. The van der Waals surface area contributed by atoms with E-state index in [4.69, 9.17) is 0 Å². The maximum atomic E-state index is 10.9. The van der Waals surface area contributed by atoms with Gasteiger partial charge in [0.1, 0.15) is 10.3 Å². The molecule has 50 valence electrons. The van der Waals surface area contributed by atoms with Crippen LogP contribution in [0.15, 0.2) is 28.5 Å². The van der Waals surface area contributed by atoms with Gasteiger partial charge in [0.15, 0.2) is 0 Å². The second kappa shape index (κ2) is 1.91. The largest absolute Gasteiger partial charge is 0.272 e. The molecule has 0 bridgehead atoms. The fraction of sp³-hybridized carbons (Fsp3) is 0. The molecule has 0 aromatic carbocycles. The molecule has 2 heterocycles. The van der Waals surface area contributed by atoms with Gasteiger partial charge in [0.2, 0.25) is 0 Å². The van der Waals surface area contributed by atoms with Crippen LogP contribution in [0.25, 0.3) is 4.83 Å². The molecule has 3 nitrogen and oxygen atoms in total. The number of hydrogen-bond acceptors (Lipinski definition) is 3. The molecule has 0 aliphatic rings. The summed E-state index contributed by atoms with van der Waals surface area (Å²) in [5, 5.41) is 3.84. The topological polar surface area (TPSA) is 34.4 Å². The minimum atomic E-state index is -0.0706. The van der Waals surface area contributed by atoms with Crippen molar-refractivity contribution in [1.29, 1.82) is 0 Å². The Morgan fingerprint density at radius 3 is 3.20 bits per heavy atom. The Morgan fingerprint density at radius 2 is 2.40 bits per heavy atom. The van der Waals surface area contributed by atoms with Gasteiger partial charge in [-0.1, -0.05) is 6.07 Å². The summed E-state index contributed by atoms with van der Waals surface area (Å²) in [6, 6.07) is 5.08. The van der Waals surface area contributed by atoms with E-state index in [2.05, 4.69) is 5.10 Å². The average Bonchev–Trinajstić information content (AvgIpc) is 2.36. The Balaban J connectivity index is 3.09. The first kappa shape index (κ1) is 5.61. The zero-order valence-electron chi connectivity index (χ0n) is 5.02. The van der Waals surface area contributed by atoms with Gasteiger partial charge in [-0.2, -0.15) is 9.61 Å². The SMILES string of the molecule is O=c1cccc2scnn12. The highest BCUT2D eigenvalue weighted by Gasteiger charge is 1.93. The molecule has 0 N–H and O–H groups in total. The third kappa shape index (κ3) is 0.657. The summed E-state index contributed by atoms with van der Waals surface area (Å²) in [5.74, 6) is 0. The van der Waals surface area contributed by atoms with E-state index in [-0.39, 0.29) is 5.56 Å². The molecule has 2 aromatic heterocycles. The van der Waals surface area contributed by atoms with E-state index in [1.54, 1.807) is 11.6 Å². The van der Waals surface area contributed by atoms with Gasteiger partial charge >= 0.3 is 0 Å². The summed E-state index contributed by atoms with van der Waals surface area (Å²) in [4.78, 5) is 11.8. The quantitative estimate of drug-likeness (QED) is 0.558. The molecule has 0 fully saturated rings. The molecular formula is C6H4N2OS. The summed E-state index contributed by atoms with van der Waals surface area (Å²) >= 11 is 1.45. The number of aromatic nitrogens is 2. The molecule has 2 rings (SSSR count). The average molecular weight is 152 g/mol. The predicted molar refractivity (Wildman–Crippen MR) is 39.3 cm³/mol. The van der Waals surface area contributed by atoms with Crippen molar-refractivity contribution in [2.75, 3.05) is 0 Å². The van der Waals surface area contributed by atoms with Gasteiger partial charge in [-0.05, 0) is 6.07 Å². The van der Waals surface area contributed by atoms with Gasteiger partial charge in [-0.3, -0.25) is 4.79 Å². The summed E-state index contributed by atoms with van der Waals surface area (Å²) in [6.45, 7) is 0. The molecule has 0 unspecified atom stereocenters. The van der Waals surface area contributed by atoms with E-state index < -0.39 is 0 Å². The fourth-order valence-electron chi connectivity index (χ4n) is 0.790. The van der Waals surface area contributed by atoms with Crippen LogP contribution in [0.2, 0.25) is 0 Å². The van der Waals surface area contributed by atoms with Crippen molar-refractivity contribution in [2.24, 2.45) is 0 Å². The van der Waals surface area contributed by atoms with Crippen LogP contribution < -0.4 is 5.56 Å². The Morgan fingerprint density at radius 1 is 1.50 bits per heavy atom. The molecule has 4 heteroatoms. The fourth-order valence-corrected chi connectivity index (χ4v) is 1.43. The van der Waals surface area contributed by atoms with Crippen molar-refractivity contribution >= 4 is 16.2 Å². The highest BCUT2D eigenvalue weighted by molar-refractivity contribution is 7.15. The van der Waals surface area contributed by atoms with Crippen LogP contribution in [-0.2, 0) is 0 Å². The molecule has 0 aliphatic heterocycles. The van der Waals surface area contributed by atoms with Gasteiger partial charge in [-0.25, -0.2) is 0 Å². The van der Waals surface area contributed by atoms with Crippen molar-refractivity contribution in [1.82, 2.24) is 9.61 Å². The van der Waals surface area contributed by atoms with E-state index >= 15 is 0 Å². The highest BCUT2D eigenvalue weighted by atomic mass is 32.1. The molecule has 0 spiro atoms. The van der Waals surface area contributed by atoms with Crippen LogP contribution in [0.5, 0.6) is 0 Å². The van der Waals surface area contributed by atoms with Crippen LogP contribution in [0, 0.1) is 0 Å². The maximum absolute atomic E-state index is 10.9. The normalized spacial score (nSPS) is 10.4. The monoisotopic (exact) mass is 152 g/mol. The van der Waals surface area contributed by atoms with E-state index in [9.17, 15) is 4.79 Å². The molecule has 0 aliphatic carbocycles. The number of hydrogen-bond donors (Lipinski definition) is 0. The Bertz CT molecular complexity index is 403. The molecule has 2 aromatic rings. The molecule has 0 atom stereocenters. The lowest BCUT2D eigenvalue weighted by Gasteiger charge is -1.84. The van der Waals surface area contributed by atoms with Gasteiger partial charge < -0.3 is 0 Å². The second-order valence-electron chi connectivity index (χ2n) is 1.85. The first-order chi connectivity index (χ1) is 4.88. The highest BCUT2D eigenvalue weighted by Crippen LogP contribution is 2.03. The Hall–Kier alpha value is -1.16. The summed E-state index contributed by atoms with van der Waals surface area (Å²) in [5.41, 5.74) is 1.58. The molecule has 10 heavy (non-hydrogen) atoms. The van der Waals surface area contributed by atoms with Gasteiger partial charge in [0.05, 0.1) is 0 Å². The molecule has 0 saturated heterocycles. The third-order valence-corrected chi connectivity index (χ3v) is 1.98.